The molecule has 1 heterocycles. The van der Waals surface area contributed by atoms with E-state index in [-0.39, 0.29) is 12.2 Å². The monoisotopic (exact) mass is 312 g/mol. The van der Waals surface area contributed by atoms with Crippen molar-refractivity contribution in [3.05, 3.63) is 12.2 Å². The maximum atomic E-state index is 12.0. The molecule has 0 aromatic rings. The summed E-state index contributed by atoms with van der Waals surface area (Å²) in [7, 11) is -1.33. The Labute approximate surface area is 130 Å². The van der Waals surface area contributed by atoms with E-state index in [1.165, 1.54) is 12.2 Å². The van der Waals surface area contributed by atoms with E-state index in [1.807, 2.05) is 0 Å². The fourth-order valence-corrected chi connectivity index (χ4v) is 1.78. The van der Waals surface area contributed by atoms with Crippen LogP contribution in [0.4, 0.5) is 0 Å². The zero-order valence-corrected chi connectivity index (χ0v) is 13.4. The molecule has 0 N–H and O–H groups in total. The predicted octanol–water partition coefficient (Wildman–Crippen LogP) is 0.846. The van der Waals surface area contributed by atoms with Crippen molar-refractivity contribution >= 4 is 24.7 Å². The Hall–Kier alpha value is -1.67. The largest absolute Gasteiger partial charge is 0.538 e. The van der Waals surface area contributed by atoms with E-state index < -0.39 is 36.9 Å². The van der Waals surface area contributed by atoms with Gasteiger partial charge in [0.15, 0.2) is 17.9 Å². The van der Waals surface area contributed by atoms with E-state index in [0.29, 0.717) is 0 Å². The minimum absolute atomic E-state index is 0.386. The average molecular weight is 312 g/mol. The van der Waals surface area contributed by atoms with Crippen LogP contribution in [0.3, 0.4) is 0 Å². The molecule has 0 aliphatic carbocycles. The summed E-state index contributed by atoms with van der Waals surface area (Å²) in [4.78, 5) is 35.8. The van der Waals surface area contributed by atoms with Gasteiger partial charge in [0, 0.05) is 0 Å². The van der Waals surface area contributed by atoms with E-state index in [4.69, 9.17) is 18.8 Å². The van der Waals surface area contributed by atoms with E-state index in [1.54, 1.807) is 34.6 Å². The van der Waals surface area contributed by atoms with Crippen molar-refractivity contribution in [2.75, 3.05) is 0 Å². The van der Waals surface area contributed by atoms with Gasteiger partial charge in [0.1, 0.15) is 0 Å². The molecule has 1 rings (SSSR count). The number of rotatable bonds is 6. The number of hydrogen-bond donors (Lipinski definition) is 0. The van der Waals surface area contributed by atoms with Crippen molar-refractivity contribution in [2.45, 2.75) is 59.0 Å². The van der Waals surface area contributed by atoms with Gasteiger partial charge in [-0.05, 0) is 40.7 Å². The molecule has 2 atom stereocenters. The van der Waals surface area contributed by atoms with Gasteiger partial charge in [-0.1, -0.05) is 6.08 Å². The standard InChI is InChI=1S/C14H21BO7/c1-6-7-10(16)15-21-11(13(17)19-8(2)3)12(22-15)14(18)20-9(4)5/h6-9,11-12H,1-5H3/b7-6+/t11-,12-/m1/s1. The van der Waals surface area contributed by atoms with Crippen LogP contribution in [-0.4, -0.2) is 49.2 Å². The van der Waals surface area contributed by atoms with Gasteiger partial charge in [0.05, 0.1) is 12.2 Å². The van der Waals surface area contributed by atoms with Gasteiger partial charge >= 0.3 is 19.1 Å². The number of carbonyl (C=O) groups is 3. The van der Waals surface area contributed by atoms with Crippen LogP contribution in [0.1, 0.15) is 34.6 Å². The first-order valence-electron chi connectivity index (χ1n) is 7.14. The van der Waals surface area contributed by atoms with Gasteiger partial charge in [-0.2, -0.15) is 0 Å². The molecule has 22 heavy (non-hydrogen) atoms. The van der Waals surface area contributed by atoms with Crippen LogP contribution in [0.15, 0.2) is 12.2 Å². The maximum absolute atomic E-state index is 12.0. The van der Waals surface area contributed by atoms with Crippen LogP contribution in [-0.2, 0) is 33.2 Å². The van der Waals surface area contributed by atoms with Crippen LogP contribution < -0.4 is 0 Å². The highest BCUT2D eigenvalue weighted by atomic mass is 16.7. The topological polar surface area (TPSA) is 88.1 Å². The van der Waals surface area contributed by atoms with Crippen LogP contribution in [0.5, 0.6) is 0 Å². The fourth-order valence-electron chi connectivity index (χ4n) is 1.78. The second-order valence-electron chi connectivity index (χ2n) is 5.32. The zero-order valence-electron chi connectivity index (χ0n) is 13.4. The van der Waals surface area contributed by atoms with Gasteiger partial charge in [0.25, 0.3) is 0 Å². The van der Waals surface area contributed by atoms with Crippen LogP contribution in [0.2, 0.25) is 0 Å². The van der Waals surface area contributed by atoms with Crippen LogP contribution in [0.25, 0.3) is 0 Å². The Kier molecular flexibility index (Phi) is 6.77. The smallest absolute Gasteiger partial charge is 0.461 e. The quantitative estimate of drug-likeness (QED) is 0.408. The minimum Gasteiger partial charge on any atom is -0.461 e. The second kappa shape index (κ2) is 8.10. The first kappa shape index (κ1) is 18.4. The van der Waals surface area contributed by atoms with E-state index in [0.717, 1.165) is 0 Å². The molecule has 0 amide bonds. The molecule has 0 unspecified atom stereocenters. The molecule has 1 fully saturated rings. The molecular formula is C14H21BO7. The lowest BCUT2D eigenvalue weighted by Gasteiger charge is -2.18. The maximum Gasteiger partial charge on any atom is 0.538 e. The van der Waals surface area contributed by atoms with Crippen molar-refractivity contribution in [3.8, 4) is 0 Å². The first-order chi connectivity index (χ1) is 10.3. The molecule has 0 aromatic carbocycles. The van der Waals surface area contributed by atoms with Crippen molar-refractivity contribution in [3.63, 3.8) is 0 Å². The lowest BCUT2D eigenvalue weighted by atomic mass is 9.83. The lowest BCUT2D eigenvalue weighted by Crippen LogP contribution is -2.40. The van der Waals surface area contributed by atoms with Gasteiger partial charge in [-0.25, -0.2) is 9.59 Å². The third-order valence-electron chi connectivity index (χ3n) is 2.55. The molecule has 0 bridgehead atoms. The summed E-state index contributed by atoms with van der Waals surface area (Å²) in [6.07, 6.45) is -0.672. The Balaban J connectivity index is 2.90. The molecule has 0 saturated carbocycles. The summed E-state index contributed by atoms with van der Waals surface area (Å²) >= 11 is 0. The average Bonchev–Trinajstić information content (AvgIpc) is 2.82. The minimum atomic E-state index is -1.33. The molecular weight excluding hydrogens is 291 g/mol. The van der Waals surface area contributed by atoms with Crippen molar-refractivity contribution in [1.82, 2.24) is 0 Å². The number of carbonyl (C=O) groups excluding carboxylic acids is 3. The SMILES string of the molecule is C/C=C/C(=O)B1O[C@@H](C(=O)OC(C)C)[C@H](C(=O)OC(C)C)O1. The highest BCUT2D eigenvalue weighted by Crippen LogP contribution is 2.21. The molecule has 1 saturated heterocycles. The van der Waals surface area contributed by atoms with E-state index >= 15 is 0 Å². The second-order valence-corrected chi connectivity index (χ2v) is 5.32. The fraction of sp³-hybridized carbons (Fsp3) is 0.643. The third kappa shape index (κ3) is 4.96. The summed E-state index contributed by atoms with van der Waals surface area (Å²) in [5.41, 5.74) is -0.496. The molecule has 0 aromatic heterocycles. The van der Waals surface area contributed by atoms with E-state index in [2.05, 4.69) is 0 Å². The molecule has 1 aliphatic rings. The Bertz CT molecular complexity index is 428. The van der Waals surface area contributed by atoms with E-state index in [9.17, 15) is 14.4 Å². The summed E-state index contributed by atoms with van der Waals surface area (Å²) in [5.74, 6) is -1.53. The molecule has 7 nitrogen and oxygen atoms in total. The normalized spacial score (nSPS) is 21.7. The first-order valence-corrected chi connectivity index (χ1v) is 7.14. The van der Waals surface area contributed by atoms with Crippen molar-refractivity contribution in [2.24, 2.45) is 0 Å². The molecule has 0 radical (unpaired) electrons. The summed E-state index contributed by atoms with van der Waals surface area (Å²) in [5, 5.41) is 0. The van der Waals surface area contributed by atoms with Crippen molar-refractivity contribution < 1.29 is 33.2 Å². The number of hydrogen-bond acceptors (Lipinski definition) is 7. The summed E-state index contributed by atoms with van der Waals surface area (Å²) < 4.78 is 20.6. The molecule has 0 spiro atoms. The lowest BCUT2D eigenvalue weighted by molar-refractivity contribution is -0.167. The highest BCUT2D eigenvalue weighted by Gasteiger charge is 2.52. The Morgan fingerprint density at radius 3 is 1.68 bits per heavy atom. The number of ether oxygens (including phenoxy) is 2. The van der Waals surface area contributed by atoms with Crippen molar-refractivity contribution in [1.29, 1.82) is 0 Å². The number of allylic oxidation sites excluding steroid dienone is 2. The van der Waals surface area contributed by atoms with Gasteiger partial charge in [-0.3, -0.25) is 4.79 Å². The Morgan fingerprint density at radius 1 is 0.955 bits per heavy atom. The zero-order chi connectivity index (χ0) is 16.9. The molecule has 8 heteroatoms. The highest BCUT2D eigenvalue weighted by molar-refractivity contribution is 6.83. The van der Waals surface area contributed by atoms with Gasteiger partial charge in [-0.15, -0.1) is 0 Å². The van der Waals surface area contributed by atoms with Crippen LogP contribution in [0, 0.1) is 0 Å². The summed E-state index contributed by atoms with van der Waals surface area (Å²) in [6.45, 7) is 8.31. The molecule has 122 valence electrons. The Morgan fingerprint density at radius 2 is 1.36 bits per heavy atom. The molecule has 1 aliphatic heterocycles. The van der Waals surface area contributed by atoms with Gasteiger partial charge < -0.3 is 18.8 Å². The third-order valence-corrected chi connectivity index (χ3v) is 2.55. The predicted molar refractivity (Wildman–Crippen MR) is 77.8 cm³/mol. The van der Waals surface area contributed by atoms with Crippen LogP contribution >= 0.6 is 0 Å². The number of esters is 2. The summed E-state index contributed by atoms with van der Waals surface area (Å²) in [6, 6.07) is 0. The van der Waals surface area contributed by atoms with Gasteiger partial charge in [0.2, 0.25) is 0 Å².